The lowest BCUT2D eigenvalue weighted by Gasteiger charge is -2.15. The summed E-state index contributed by atoms with van der Waals surface area (Å²) in [6.45, 7) is 5.93. The van der Waals surface area contributed by atoms with Crippen LogP contribution >= 0.6 is 11.6 Å². The van der Waals surface area contributed by atoms with Crippen LogP contribution < -0.4 is 10.1 Å². The molecule has 0 fully saturated rings. The van der Waals surface area contributed by atoms with Crippen molar-refractivity contribution in [3.8, 4) is 5.75 Å². The maximum absolute atomic E-state index is 11.2. The van der Waals surface area contributed by atoms with Gasteiger partial charge in [0, 0.05) is 7.05 Å². The van der Waals surface area contributed by atoms with Gasteiger partial charge in [0.25, 0.3) is 0 Å². The lowest BCUT2D eigenvalue weighted by atomic mass is 10.0. The average Bonchev–Trinajstić information content (AvgIpc) is 2.24. The molecule has 0 unspecified atom stereocenters. The summed E-state index contributed by atoms with van der Waals surface area (Å²) in [5.41, 5.74) is 1.82. The predicted octanol–water partition coefficient (Wildman–Crippen LogP) is 3.49. The molecule has 0 saturated carbocycles. The molecule has 0 saturated heterocycles. The maximum atomic E-state index is 11.2. The SMILES string of the molecule is CNC(=O)Oc1c(C(C)C)ccc(C)c1Cl. The molecule has 0 radical (unpaired) electrons. The number of aryl methyl sites for hydroxylation is 1. The molecular weight excluding hydrogens is 226 g/mol. The summed E-state index contributed by atoms with van der Waals surface area (Å²) in [6, 6.07) is 3.86. The molecule has 0 bridgehead atoms. The van der Waals surface area contributed by atoms with E-state index in [1.165, 1.54) is 7.05 Å². The van der Waals surface area contributed by atoms with E-state index in [1.54, 1.807) is 0 Å². The minimum Gasteiger partial charge on any atom is -0.408 e. The quantitative estimate of drug-likeness (QED) is 0.861. The fourth-order valence-electron chi connectivity index (χ4n) is 1.37. The molecule has 0 spiro atoms. The van der Waals surface area contributed by atoms with Gasteiger partial charge >= 0.3 is 6.09 Å². The van der Waals surface area contributed by atoms with Crippen LogP contribution in [0.3, 0.4) is 0 Å². The lowest BCUT2D eigenvalue weighted by molar-refractivity contribution is 0.202. The zero-order valence-electron chi connectivity index (χ0n) is 9.93. The highest BCUT2D eigenvalue weighted by Crippen LogP contribution is 2.35. The van der Waals surface area contributed by atoms with Crippen molar-refractivity contribution in [1.29, 1.82) is 0 Å². The molecule has 0 aromatic heterocycles. The molecule has 1 aromatic rings. The number of amides is 1. The Bertz CT molecular complexity index is 402. The number of hydrogen-bond donors (Lipinski definition) is 1. The van der Waals surface area contributed by atoms with Crippen LogP contribution in [0.25, 0.3) is 0 Å². The van der Waals surface area contributed by atoms with Gasteiger partial charge in [0.15, 0.2) is 5.75 Å². The Labute approximate surface area is 101 Å². The van der Waals surface area contributed by atoms with Crippen LogP contribution in [0.2, 0.25) is 5.02 Å². The first-order valence-electron chi connectivity index (χ1n) is 5.16. The van der Waals surface area contributed by atoms with Crippen molar-refractivity contribution in [3.05, 3.63) is 28.3 Å². The van der Waals surface area contributed by atoms with Gasteiger partial charge in [-0.2, -0.15) is 0 Å². The largest absolute Gasteiger partial charge is 0.412 e. The molecule has 1 N–H and O–H groups in total. The highest BCUT2D eigenvalue weighted by atomic mass is 35.5. The molecule has 0 atom stereocenters. The molecule has 4 heteroatoms. The molecule has 0 aliphatic rings. The summed E-state index contributed by atoms with van der Waals surface area (Å²) in [6.07, 6.45) is -0.505. The molecule has 1 rings (SSSR count). The summed E-state index contributed by atoms with van der Waals surface area (Å²) < 4.78 is 5.19. The van der Waals surface area contributed by atoms with Gasteiger partial charge in [0.2, 0.25) is 0 Å². The van der Waals surface area contributed by atoms with Crippen LogP contribution in [-0.2, 0) is 0 Å². The van der Waals surface area contributed by atoms with Gasteiger partial charge in [-0.1, -0.05) is 37.6 Å². The Morgan fingerprint density at radius 2 is 2.06 bits per heavy atom. The van der Waals surface area contributed by atoms with Crippen molar-refractivity contribution in [3.63, 3.8) is 0 Å². The number of halogens is 1. The van der Waals surface area contributed by atoms with Crippen molar-refractivity contribution < 1.29 is 9.53 Å². The van der Waals surface area contributed by atoms with E-state index in [4.69, 9.17) is 16.3 Å². The average molecular weight is 242 g/mol. The number of ether oxygens (including phenoxy) is 1. The van der Waals surface area contributed by atoms with E-state index in [9.17, 15) is 4.79 Å². The van der Waals surface area contributed by atoms with Gasteiger partial charge in [-0.05, 0) is 24.0 Å². The van der Waals surface area contributed by atoms with Crippen molar-refractivity contribution >= 4 is 17.7 Å². The number of nitrogens with one attached hydrogen (secondary N) is 1. The van der Waals surface area contributed by atoms with E-state index in [1.807, 2.05) is 32.9 Å². The molecule has 3 nitrogen and oxygen atoms in total. The minimum atomic E-state index is -0.505. The fourth-order valence-corrected chi connectivity index (χ4v) is 1.58. The second-order valence-electron chi connectivity index (χ2n) is 3.91. The molecule has 1 aromatic carbocycles. The second-order valence-corrected chi connectivity index (χ2v) is 4.29. The molecule has 0 aliphatic heterocycles. The Morgan fingerprint density at radius 1 is 1.44 bits per heavy atom. The number of benzene rings is 1. The monoisotopic (exact) mass is 241 g/mol. The summed E-state index contributed by atoms with van der Waals surface area (Å²) in [5, 5.41) is 2.90. The number of rotatable bonds is 2. The van der Waals surface area contributed by atoms with Crippen LogP contribution in [-0.4, -0.2) is 13.1 Å². The van der Waals surface area contributed by atoms with Gasteiger partial charge < -0.3 is 10.1 Å². The third-order valence-corrected chi connectivity index (χ3v) is 2.81. The van der Waals surface area contributed by atoms with Crippen molar-refractivity contribution in [1.82, 2.24) is 5.32 Å². The van der Waals surface area contributed by atoms with E-state index in [0.29, 0.717) is 10.8 Å². The van der Waals surface area contributed by atoms with Gasteiger partial charge in [0.1, 0.15) is 0 Å². The van der Waals surface area contributed by atoms with Gasteiger partial charge in [-0.25, -0.2) is 4.79 Å². The predicted molar refractivity (Wildman–Crippen MR) is 65.4 cm³/mol. The fraction of sp³-hybridized carbons (Fsp3) is 0.417. The molecule has 88 valence electrons. The van der Waals surface area contributed by atoms with Crippen LogP contribution in [0.5, 0.6) is 5.75 Å². The molecule has 0 aliphatic carbocycles. The third-order valence-electron chi connectivity index (χ3n) is 2.34. The van der Waals surface area contributed by atoms with Crippen LogP contribution in [0.1, 0.15) is 30.9 Å². The van der Waals surface area contributed by atoms with E-state index in [-0.39, 0.29) is 5.92 Å². The molecule has 1 amide bonds. The lowest BCUT2D eigenvalue weighted by Crippen LogP contribution is -2.23. The Hall–Kier alpha value is -1.22. The van der Waals surface area contributed by atoms with Gasteiger partial charge in [-0.3, -0.25) is 0 Å². The first kappa shape index (κ1) is 12.8. The minimum absolute atomic E-state index is 0.248. The zero-order valence-corrected chi connectivity index (χ0v) is 10.7. The summed E-state index contributed by atoms with van der Waals surface area (Å²) in [5.74, 6) is 0.703. The number of carbonyl (C=O) groups is 1. The molecule has 16 heavy (non-hydrogen) atoms. The smallest absolute Gasteiger partial charge is 0.408 e. The Kier molecular flexibility index (Phi) is 4.19. The van der Waals surface area contributed by atoms with Crippen molar-refractivity contribution in [2.24, 2.45) is 0 Å². The Morgan fingerprint density at radius 3 is 2.56 bits per heavy atom. The van der Waals surface area contributed by atoms with Crippen molar-refractivity contribution in [2.45, 2.75) is 26.7 Å². The Balaban J connectivity index is 3.20. The van der Waals surface area contributed by atoms with E-state index < -0.39 is 6.09 Å². The van der Waals surface area contributed by atoms with Gasteiger partial charge in [-0.15, -0.1) is 0 Å². The second kappa shape index (κ2) is 5.21. The summed E-state index contributed by atoms with van der Waals surface area (Å²) >= 11 is 6.14. The maximum Gasteiger partial charge on any atom is 0.412 e. The first-order chi connectivity index (χ1) is 7.47. The highest BCUT2D eigenvalue weighted by molar-refractivity contribution is 6.33. The number of carbonyl (C=O) groups excluding carboxylic acids is 1. The van der Waals surface area contributed by atoms with E-state index >= 15 is 0 Å². The summed E-state index contributed by atoms with van der Waals surface area (Å²) in [4.78, 5) is 11.2. The van der Waals surface area contributed by atoms with Gasteiger partial charge in [0.05, 0.1) is 5.02 Å². The van der Waals surface area contributed by atoms with Crippen molar-refractivity contribution in [2.75, 3.05) is 7.05 Å². The van der Waals surface area contributed by atoms with Crippen LogP contribution in [0, 0.1) is 6.92 Å². The normalized spacial score (nSPS) is 10.4. The van der Waals surface area contributed by atoms with Crippen LogP contribution in [0.15, 0.2) is 12.1 Å². The van der Waals surface area contributed by atoms with Crippen LogP contribution in [0.4, 0.5) is 4.79 Å². The zero-order chi connectivity index (χ0) is 12.3. The van der Waals surface area contributed by atoms with E-state index in [0.717, 1.165) is 11.1 Å². The molecular formula is C12H16ClNO2. The number of hydrogen-bond acceptors (Lipinski definition) is 2. The topological polar surface area (TPSA) is 38.3 Å². The first-order valence-corrected chi connectivity index (χ1v) is 5.53. The third kappa shape index (κ3) is 2.67. The molecule has 0 heterocycles. The van der Waals surface area contributed by atoms with E-state index in [2.05, 4.69) is 5.32 Å². The standard InChI is InChI=1S/C12H16ClNO2/c1-7(2)9-6-5-8(3)10(13)11(9)16-12(15)14-4/h5-7H,1-4H3,(H,14,15). The summed E-state index contributed by atoms with van der Waals surface area (Å²) in [7, 11) is 1.51. The highest BCUT2D eigenvalue weighted by Gasteiger charge is 2.16.